The Morgan fingerprint density at radius 1 is 1.17 bits per heavy atom. The highest BCUT2D eigenvalue weighted by atomic mass is 127. The quantitative estimate of drug-likeness (QED) is 0.629. The Bertz CT molecular complexity index is 714. The van der Waals surface area contributed by atoms with E-state index in [1.54, 1.807) is 0 Å². The van der Waals surface area contributed by atoms with Gasteiger partial charge >= 0.3 is 0 Å². The molecule has 90 valence electrons. The molecule has 0 aliphatic carbocycles. The zero-order valence-corrected chi connectivity index (χ0v) is 12.3. The normalized spacial score (nSPS) is 11.1. The summed E-state index contributed by atoms with van der Waals surface area (Å²) in [6, 6.07) is 6.35. The number of benzene rings is 1. The molecule has 0 aliphatic heterocycles. The molecule has 4 heteroatoms. The van der Waals surface area contributed by atoms with Crippen molar-refractivity contribution in [3.63, 3.8) is 0 Å². The van der Waals surface area contributed by atoms with Crippen LogP contribution in [0.15, 0.2) is 36.8 Å². The summed E-state index contributed by atoms with van der Waals surface area (Å²) in [7, 11) is 2.06. The highest BCUT2D eigenvalue weighted by Gasteiger charge is 2.07. The van der Waals surface area contributed by atoms with Crippen molar-refractivity contribution in [3.8, 4) is 11.4 Å². The zero-order valence-electron chi connectivity index (χ0n) is 10.2. The molecule has 3 nitrogen and oxygen atoms in total. The van der Waals surface area contributed by atoms with E-state index < -0.39 is 0 Å². The molecular formula is C14H12IN3. The minimum Gasteiger partial charge on any atom is -0.349 e. The van der Waals surface area contributed by atoms with Crippen molar-refractivity contribution in [3.05, 3.63) is 45.9 Å². The van der Waals surface area contributed by atoms with Crippen LogP contribution in [0.3, 0.4) is 0 Å². The molecule has 2 heterocycles. The predicted molar refractivity (Wildman–Crippen MR) is 81.4 cm³/mol. The van der Waals surface area contributed by atoms with Gasteiger partial charge in [-0.3, -0.25) is 0 Å². The monoisotopic (exact) mass is 349 g/mol. The Hall–Kier alpha value is -1.43. The molecule has 3 rings (SSSR count). The van der Waals surface area contributed by atoms with Gasteiger partial charge in [0.25, 0.3) is 0 Å². The summed E-state index contributed by atoms with van der Waals surface area (Å²) >= 11 is 2.36. The van der Waals surface area contributed by atoms with Crippen LogP contribution in [-0.2, 0) is 7.05 Å². The Morgan fingerprint density at radius 2 is 1.89 bits per heavy atom. The van der Waals surface area contributed by atoms with E-state index in [2.05, 4.69) is 68.6 Å². The van der Waals surface area contributed by atoms with Gasteiger partial charge in [-0.15, -0.1) is 0 Å². The second kappa shape index (κ2) is 4.35. The number of halogens is 1. The van der Waals surface area contributed by atoms with Crippen LogP contribution in [0.1, 0.15) is 5.56 Å². The molecule has 0 fully saturated rings. The topological polar surface area (TPSA) is 30.7 Å². The summed E-state index contributed by atoms with van der Waals surface area (Å²) in [4.78, 5) is 8.74. The summed E-state index contributed by atoms with van der Waals surface area (Å²) < 4.78 is 3.38. The third-order valence-electron chi connectivity index (χ3n) is 2.98. The van der Waals surface area contributed by atoms with Gasteiger partial charge in [0.1, 0.15) is 0 Å². The number of hydrogen-bond donors (Lipinski definition) is 0. The molecule has 0 amide bonds. The molecule has 0 spiro atoms. The Labute approximate surface area is 119 Å². The van der Waals surface area contributed by atoms with Gasteiger partial charge in [-0.2, -0.15) is 0 Å². The smallest absolute Gasteiger partial charge is 0.159 e. The van der Waals surface area contributed by atoms with Gasteiger partial charge in [0, 0.05) is 45.7 Å². The van der Waals surface area contributed by atoms with Crippen LogP contribution in [0.5, 0.6) is 0 Å². The maximum absolute atomic E-state index is 4.37. The fourth-order valence-electron chi connectivity index (χ4n) is 2.02. The maximum atomic E-state index is 4.37. The van der Waals surface area contributed by atoms with Gasteiger partial charge < -0.3 is 4.57 Å². The lowest BCUT2D eigenvalue weighted by Gasteiger charge is -2.02. The molecular weight excluding hydrogens is 337 g/mol. The number of rotatable bonds is 1. The summed E-state index contributed by atoms with van der Waals surface area (Å²) in [6.07, 6.45) is 5.83. The van der Waals surface area contributed by atoms with E-state index >= 15 is 0 Å². The second-order valence-corrected chi connectivity index (χ2v) is 5.57. The van der Waals surface area contributed by atoms with Crippen LogP contribution in [0.25, 0.3) is 22.3 Å². The van der Waals surface area contributed by atoms with Crippen LogP contribution >= 0.6 is 22.6 Å². The Morgan fingerprint density at radius 3 is 2.61 bits per heavy atom. The first-order valence-electron chi connectivity index (χ1n) is 5.69. The molecule has 0 N–H and O–H groups in total. The van der Waals surface area contributed by atoms with E-state index in [0.29, 0.717) is 0 Å². The fraction of sp³-hybridized carbons (Fsp3) is 0.143. The SMILES string of the molecule is Cc1cnc(-c2ccc3c(c2)c(I)cn3C)nc1. The number of fused-ring (bicyclic) bond motifs is 1. The lowest BCUT2D eigenvalue weighted by Crippen LogP contribution is -1.89. The lowest BCUT2D eigenvalue weighted by molar-refractivity contribution is 0.966. The summed E-state index contributed by atoms with van der Waals surface area (Å²) in [5, 5.41) is 1.25. The van der Waals surface area contributed by atoms with Gasteiger partial charge in [-0.1, -0.05) is 0 Å². The number of aromatic nitrogens is 3. The fourth-order valence-corrected chi connectivity index (χ4v) is 2.87. The molecule has 0 atom stereocenters. The first-order valence-corrected chi connectivity index (χ1v) is 6.76. The van der Waals surface area contributed by atoms with Crippen molar-refractivity contribution in [2.75, 3.05) is 0 Å². The van der Waals surface area contributed by atoms with Crippen molar-refractivity contribution in [1.29, 1.82) is 0 Å². The van der Waals surface area contributed by atoms with Gasteiger partial charge in [0.15, 0.2) is 5.82 Å². The molecule has 1 aromatic carbocycles. The van der Waals surface area contributed by atoms with Gasteiger partial charge in [-0.05, 0) is 53.3 Å². The number of hydrogen-bond acceptors (Lipinski definition) is 2. The average Bonchev–Trinajstić information content (AvgIpc) is 2.66. The minimum absolute atomic E-state index is 0.780. The molecule has 0 radical (unpaired) electrons. The highest BCUT2D eigenvalue weighted by Crippen LogP contribution is 2.26. The largest absolute Gasteiger partial charge is 0.349 e. The van der Waals surface area contributed by atoms with E-state index in [4.69, 9.17) is 0 Å². The van der Waals surface area contributed by atoms with Crippen LogP contribution in [0, 0.1) is 10.5 Å². The maximum Gasteiger partial charge on any atom is 0.159 e. The van der Waals surface area contributed by atoms with E-state index in [0.717, 1.165) is 17.0 Å². The van der Waals surface area contributed by atoms with E-state index in [9.17, 15) is 0 Å². The van der Waals surface area contributed by atoms with E-state index in [-0.39, 0.29) is 0 Å². The van der Waals surface area contributed by atoms with E-state index in [1.165, 1.54) is 14.5 Å². The first kappa shape index (κ1) is 11.6. The molecule has 3 aromatic rings. The highest BCUT2D eigenvalue weighted by molar-refractivity contribution is 14.1. The third-order valence-corrected chi connectivity index (χ3v) is 3.84. The molecule has 0 saturated heterocycles. The van der Waals surface area contributed by atoms with Gasteiger partial charge in [0.05, 0.1) is 0 Å². The van der Waals surface area contributed by atoms with Crippen LogP contribution in [0.2, 0.25) is 0 Å². The van der Waals surface area contributed by atoms with Crippen LogP contribution in [-0.4, -0.2) is 14.5 Å². The summed E-state index contributed by atoms with van der Waals surface area (Å²) in [6.45, 7) is 1.99. The molecule has 0 bridgehead atoms. The molecule has 0 unspecified atom stereocenters. The van der Waals surface area contributed by atoms with Crippen molar-refractivity contribution in [2.45, 2.75) is 6.92 Å². The van der Waals surface area contributed by atoms with Crippen LogP contribution < -0.4 is 0 Å². The third kappa shape index (κ3) is 1.90. The van der Waals surface area contributed by atoms with E-state index in [1.807, 2.05) is 19.3 Å². The van der Waals surface area contributed by atoms with Crippen LogP contribution in [0.4, 0.5) is 0 Å². The van der Waals surface area contributed by atoms with Gasteiger partial charge in [0.2, 0.25) is 0 Å². The molecule has 18 heavy (non-hydrogen) atoms. The van der Waals surface area contributed by atoms with Crippen molar-refractivity contribution >= 4 is 33.5 Å². The van der Waals surface area contributed by atoms with Gasteiger partial charge in [-0.25, -0.2) is 9.97 Å². The average molecular weight is 349 g/mol. The van der Waals surface area contributed by atoms with Crippen molar-refractivity contribution in [2.24, 2.45) is 7.05 Å². The van der Waals surface area contributed by atoms with Crippen molar-refractivity contribution in [1.82, 2.24) is 14.5 Å². The molecule has 0 aliphatic rings. The molecule has 0 saturated carbocycles. The number of nitrogens with zero attached hydrogens (tertiary/aromatic N) is 3. The Kier molecular flexibility index (Phi) is 2.81. The second-order valence-electron chi connectivity index (χ2n) is 4.40. The zero-order chi connectivity index (χ0) is 12.7. The summed E-state index contributed by atoms with van der Waals surface area (Å²) in [5.74, 6) is 0.780. The number of aryl methyl sites for hydroxylation is 2. The van der Waals surface area contributed by atoms with Crippen molar-refractivity contribution < 1.29 is 0 Å². The lowest BCUT2D eigenvalue weighted by atomic mass is 10.1. The Balaban J connectivity index is 2.18. The summed E-state index contributed by atoms with van der Waals surface area (Å²) in [5.41, 5.74) is 3.37. The predicted octanol–water partition coefficient (Wildman–Crippen LogP) is 3.55. The molecule has 2 aromatic heterocycles. The first-order chi connectivity index (χ1) is 8.65. The minimum atomic E-state index is 0.780. The standard InChI is InChI=1S/C14H12IN3/c1-9-6-16-14(17-7-9)10-3-4-13-11(5-10)12(15)8-18(13)2/h3-8H,1-2H3.